The van der Waals surface area contributed by atoms with Crippen molar-refractivity contribution < 1.29 is 14.3 Å². The molecule has 5 nitrogen and oxygen atoms in total. The third kappa shape index (κ3) is 6.20. The largest absolute Gasteiger partial charge is 0.462 e. The molecule has 0 radical (unpaired) electrons. The summed E-state index contributed by atoms with van der Waals surface area (Å²) >= 11 is 0. The molecule has 1 amide bonds. The number of ether oxygens (including phenoxy) is 1. The highest BCUT2D eigenvalue weighted by molar-refractivity contribution is 5.91. The van der Waals surface area contributed by atoms with Crippen LogP contribution in [0, 0.1) is 0 Å². The van der Waals surface area contributed by atoms with E-state index in [0.717, 1.165) is 36.3 Å². The van der Waals surface area contributed by atoms with E-state index in [0.29, 0.717) is 12.2 Å². The lowest BCUT2D eigenvalue weighted by atomic mass is 10.0. The third-order valence-electron chi connectivity index (χ3n) is 5.40. The maximum atomic E-state index is 12.8. The number of amides is 1. The van der Waals surface area contributed by atoms with Crippen LogP contribution in [0.3, 0.4) is 0 Å². The first kappa shape index (κ1) is 22.6. The average Bonchev–Trinajstić information content (AvgIpc) is 2.80. The SMILES string of the molecule is CC/C=C(\NC(=O)Cc1ccc(C(=O)OCC)cc1)c1ccccc1N1CCCCC1. The van der Waals surface area contributed by atoms with Gasteiger partial charge in [0.2, 0.25) is 5.91 Å². The Hall–Kier alpha value is -3.08. The van der Waals surface area contributed by atoms with E-state index in [1.54, 1.807) is 31.2 Å². The number of nitrogens with one attached hydrogen (secondary N) is 1. The molecule has 2 aromatic rings. The van der Waals surface area contributed by atoms with E-state index in [4.69, 9.17) is 4.74 Å². The summed E-state index contributed by atoms with van der Waals surface area (Å²) in [6.07, 6.45) is 6.84. The van der Waals surface area contributed by atoms with Crippen molar-refractivity contribution in [1.82, 2.24) is 5.32 Å². The lowest BCUT2D eigenvalue weighted by Crippen LogP contribution is -2.31. The molecule has 0 bridgehead atoms. The smallest absolute Gasteiger partial charge is 0.338 e. The first-order chi connectivity index (χ1) is 15.1. The molecule has 31 heavy (non-hydrogen) atoms. The zero-order chi connectivity index (χ0) is 22.1. The molecule has 3 rings (SSSR count). The van der Waals surface area contributed by atoms with Gasteiger partial charge in [-0.1, -0.05) is 43.3 Å². The summed E-state index contributed by atoms with van der Waals surface area (Å²) in [5, 5.41) is 3.12. The second kappa shape index (κ2) is 11.3. The van der Waals surface area contributed by atoms with E-state index in [1.807, 2.05) is 6.07 Å². The Labute approximate surface area is 185 Å². The van der Waals surface area contributed by atoms with Crippen molar-refractivity contribution in [2.45, 2.75) is 46.0 Å². The molecule has 0 aliphatic carbocycles. The minimum atomic E-state index is -0.346. The molecular weight excluding hydrogens is 388 g/mol. The van der Waals surface area contributed by atoms with Crippen molar-refractivity contribution in [3.05, 3.63) is 71.3 Å². The van der Waals surface area contributed by atoms with Crippen LogP contribution in [-0.2, 0) is 16.0 Å². The minimum Gasteiger partial charge on any atom is -0.462 e. The lowest BCUT2D eigenvalue weighted by molar-refractivity contribution is -0.119. The fraction of sp³-hybridized carbons (Fsp3) is 0.385. The van der Waals surface area contributed by atoms with Crippen molar-refractivity contribution in [3.63, 3.8) is 0 Å². The Morgan fingerprint density at radius 1 is 1.00 bits per heavy atom. The molecule has 0 saturated carbocycles. The molecule has 1 aliphatic rings. The molecule has 0 aromatic heterocycles. The summed E-state index contributed by atoms with van der Waals surface area (Å²) in [5.41, 5.74) is 4.45. The van der Waals surface area contributed by atoms with E-state index in [-0.39, 0.29) is 18.3 Å². The van der Waals surface area contributed by atoms with Gasteiger partial charge >= 0.3 is 5.97 Å². The fourth-order valence-electron chi connectivity index (χ4n) is 3.90. The van der Waals surface area contributed by atoms with Crippen LogP contribution in [0.4, 0.5) is 5.69 Å². The number of nitrogens with zero attached hydrogens (tertiary/aromatic N) is 1. The summed E-state index contributed by atoms with van der Waals surface area (Å²) in [5.74, 6) is -0.419. The molecule has 2 aromatic carbocycles. The number of hydrogen-bond donors (Lipinski definition) is 1. The molecule has 164 valence electrons. The van der Waals surface area contributed by atoms with Gasteiger partial charge in [-0.25, -0.2) is 4.79 Å². The Morgan fingerprint density at radius 3 is 2.39 bits per heavy atom. The van der Waals surface area contributed by atoms with Crippen LogP contribution in [0.2, 0.25) is 0 Å². The first-order valence-corrected chi connectivity index (χ1v) is 11.2. The maximum absolute atomic E-state index is 12.8. The molecule has 1 N–H and O–H groups in total. The molecule has 5 heteroatoms. The van der Waals surface area contributed by atoms with Gasteiger partial charge in [0, 0.05) is 30.0 Å². The lowest BCUT2D eigenvalue weighted by Gasteiger charge is -2.31. The van der Waals surface area contributed by atoms with Crippen LogP contribution in [0.5, 0.6) is 0 Å². The van der Waals surface area contributed by atoms with Crippen LogP contribution >= 0.6 is 0 Å². The van der Waals surface area contributed by atoms with Gasteiger partial charge in [0.15, 0.2) is 0 Å². The third-order valence-corrected chi connectivity index (χ3v) is 5.40. The number of piperidine rings is 1. The minimum absolute atomic E-state index is 0.0722. The zero-order valence-electron chi connectivity index (χ0n) is 18.5. The molecule has 1 aliphatic heterocycles. The second-order valence-electron chi connectivity index (χ2n) is 7.73. The van der Waals surface area contributed by atoms with Crippen LogP contribution in [-0.4, -0.2) is 31.6 Å². The molecule has 1 heterocycles. The summed E-state index contributed by atoms with van der Waals surface area (Å²) < 4.78 is 5.01. The molecule has 0 spiro atoms. The number of anilines is 1. The topological polar surface area (TPSA) is 58.6 Å². The predicted molar refractivity (Wildman–Crippen MR) is 125 cm³/mol. The van der Waals surface area contributed by atoms with Crippen LogP contribution in [0.15, 0.2) is 54.6 Å². The Morgan fingerprint density at radius 2 is 1.71 bits per heavy atom. The van der Waals surface area contributed by atoms with Crippen molar-refractivity contribution >= 4 is 23.3 Å². The summed E-state index contributed by atoms with van der Waals surface area (Å²) in [4.78, 5) is 27.0. The highest BCUT2D eigenvalue weighted by Crippen LogP contribution is 2.28. The molecule has 1 saturated heterocycles. The van der Waals surface area contributed by atoms with Gasteiger partial charge in [0.05, 0.1) is 18.6 Å². The van der Waals surface area contributed by atoms with Gasteiger partial charge in [0.25, 0.3) is 0 Å². The Bertz CT molecular complexity index is 913. The fourth-order valence-corrected chi connectivity index (χ4v) is 3.90. The standard InChI is InChI=1S/C26H32N2O3/c1-3-10-23(22-11-6-7-12-24(22)28-17-8-5-9-18-28)27-25(29)19-20-13-15-21(16-14-20)26(30)31-4-2/h6-7,10-16H,3-5,8-9,17-19H2,1-2H3,(H,27,29)/b23-10-. The predicted octanol–water partition coefficient (Wildman–Crippen LogP) is 4.96. The van der Waals surface area contributed by atoms with E-state index in [9.17, 15) is 9.59 Å². The Kier molecular flexibility index (Phi) is 8.27. The van der Waals surface area contributed by atoms with Crippen molar-refractivity contribution in [2.24, 2.45) is 0 Å². The number of esters is 1. The number of rotatable bonds is 8. The van der Waals surface area contributed by atoms with Crippen molar-refractivity contribution in [2.75, 3.05) is 24.6 Å². The van der Waals surface area contributed by atoms with Crippen molar-refractivity contribution in [3.8, 4) is 0 Å². The average molecular weight is 421 g/mol. The van der Waals surface area contributed by atoms with Gasteiger partial charge in [0.1, 0.15) is 0 Å². The van der Waals surface area contributed by atoms with Gasteiger partial charge in [-0.05, 0) is 56.4 Å². The molecule has 0 atom stereocenters. The molecular formula is C26H32N2O3. The van der Waals surface area contributed by atoms with Crippen molar-refractivity contribution in [1.29, 1.82) is 0 Å². The number of carbonyl (C=O) groups excluding carboxylic acids is 2. The number of carbonyl (C=O) groups is 2. The number of para-hydroxylation sites is 1. The van der Waals surface area contributed by atoms with Crippen LogP contribution in [0.25, 0.3) is 5.70 Å². The molecule has 0 unspecified atom stereocenters. The number of hydrogen-bond acceptors (Lipinski definition) is 4. The first-order valence-electron chi connectivity index (χ1n) is 11.2. The maximum Gasteiger partial charge on any atom is 0.338 e. The number of benzene rings is 2. The second-order valence-corrected chi connectivity index (χ2v) is 7.73. The van der Waals surface area contributed by atoms with Gasteiger partial charge in [-0.2, -0.15) is 0 Å². The monoisotopic (exact) mass is 420 g/mol. The van der Waals surface area contributed by atoms with E-state index >= 15 is 0 Å². The highest BCUT2D eigenvalue weighted by Gasteiger charge is 2.17. The molecule has 1 fully saturated rings. The van der Waals surface area contributed by atoms with E-state index in [2.05, 4.69) is 41.4 Å². The van der Waals surface area contributed by atoms with Gasteiger partial charge in [-0.15, -0.1) is 0 Å². The van der Waals surface area contributed by atoms with Gasteiger partial charge < -0.3 is 15.0 Å². The quantitative estimate of drug-likeness (QED) is 0.613. The summed E-state index contributed by atoms with van der Waals surface area (Å²) in [7, 11) is 0. The van der Waals surface area contributed by atoms with Gasteiger partial charge in [-0.3, -0.25) is 4.79 Å². The summed E-state index contributed by atoms with van der Waals surface area (Å²) in [6, 6.07) is 15.3. The number of allylic oxidation sites excluding steroid dienone is 1. The Balaban J connectivity index is 1.72. The normalized spacial score (nSPS) is 14.3. The van der Waals surface area contributed by atoms with Crippen LogP contribution < -0.4 is 10.2 Å². The zero-order valence-corrected chi connectivity index (χ0v) is 18.5. The summed E-state index contributed by atoms with van der Waals surface area (Å²) in [6.45, 7) is 6.30. The highest BCUT2D eigenvalue weighted by atomic mass is 16.5. The van der Waals surface area contributed by atoms with Crippen LogP contribution in [0.1, 0.15) is 61.0 Å². The van der Waals surface area contributed by atoms with E-state index < -0.39 is 0 Å². The van der Waals surface area contributed by atoms with E-state index in [1.165, 1.54) is 24.9 Å².